The molecule has 0 aliphatic heterocycles. The van der Waals surface area contributed by atoms with Gasteiger partial charge in [0.15, 0.2) is 0 Å². The van der Waals surface area contributed by atoms with Crippen LogP contribution in [0.25, 0.3) is 27.4 Å². The molecule has 0 fully saturated rings. The molecule has 4 aromatic rings. The second-order valence-electron chi connectivity index (χ2n) is 7.52. The van der Waals surface area contributed by atoms with Gasteiger partial charge in [-0.3, -0.25) is 0 Å². The van der Waals surface area contributed by atoms with Crippen molar-refractivity contribution < 1.29 is 22.0 Å². The summed E-state index contributed by atoms with van der Waals surface area (Å²) in [6, 6.07) is 16.2. The lowest BCUT2D eigenvalue weighted by atomic mass is 9.83. The number of alkyl halides is 3. The van der Waals surface area contributed by atoms with Gasteiger partial charge in [0, 0.05) is 21.8 Å². The van der Waals surface area contributed by atoms with Gasteiger partial charge >= 0.3 is 6.18 Å². The minimum Gasteiger partial charge on any atom is -0.332 e. The third kappa shape index (κ3) is 3.05. The first-order chi connectivity index (χ1) is 14.9. The summed E-state index contributed by atoms with van der Waals surface area (Å²) < 4.78 is 73.6. The normalized spacial score (nSPS) is 19.2. The fraction of sp³-hybridized carbons (Fsp3) is 0.120. The van der Waals surface area contributed by atoms with Crippen molar-refractivity contribution in [3.05, 3.63) is 102 Å². The van der Waals surface area contributed by atoms with Crippen molar-refractivity contribution in [2.24, 2.45) is 5.92 Å². The fourth-order valence-corrected chi connectivity index (χ4v) is 4.52. The van der Waals surface area contributed by atoms with Crippen molar-refractivity contribution in [2.45, 2.75) is 12.2 Å². The number of benzene rings is 3. The molecule has 0 radical (unpaired) electrons. The monoisotopic (exact) mass is 425 g/mol. The van der Waals surface area contributed by atoms with Gasteiger partial charge < -0.3 is 4.57 Å². The van der Waals surface area contributed by atoms with Gasteiger partial charge in [-0.25, -0.2) is 8.78 Å². The largest absolute Gasteiger partial charge is 0.397 e. The summed E-state index contributed by atoms with van der Waals surface area (Å²) in [5, 5.41) is 1.56. The molecule has 2 unspecified atom stereocenters. The molecule has 0 saturated heterocycles. The van der Waals surface area contributed by atoms with Crippen molar-refractivity contribution >= 4 is 27.4 Å². The quantitative estimate of drug-likeness (QED) is 0.294. The second kappa shape index (κ2) is 7.08. The van der Waals surface area contributed by atoms with E-state index >= 15 is 0 Å². The molecular formula is C25H16F5N. The zero-order chi connectivity index (χ0) is 21.8. The average Bonchev–Trinajstić information content (AvgIpc) is 3.07. The van der Waals surface area contributed by atoms with E-state index in [2.05, 4.69) is 0 Å². The van der Waals surface area contributed by atoms with E-state index in [0.29, 0.717) is 11.0 Å². The van der Waals surface area contributed by atoms with Crippen LogP contribution in [0.5, 0.6) is 0 Å². The highest BCUT2D eigenvalue weighted by molar-refractivity contribution is 6.08. The van der Waals surface area contributed by atoms with Gasteiger partial charge in [-0.05, 0) is 29.8 Å². The average molecular weight is 425 g/mol. The Bertz CT molecular complexity index is 1290. The van der Waals surface area contributed by atoms with E-state index in [9.17, 15) is 22.0 Å². The fourth-order valence-electron chi connectivity index (χ4n) is 4.52. The first-order valence-corrected chi connectivity index (χ1v) is 9.75. The Morgan fingerprint density at radius 2 is 1.26 bits per heavy atom. The van der Waals surface area contributed by atoms with Crippen LogP contribution in [0.4, 0.5) is 22.0 Å². The lowest BCUT2D eigenvalue weighted by molar-refractivity contribution is -0.167. The molecule has 2 atom stereocenters. The number of fused-ring (bicyclic) bond motifs is 3. The van der Waals surface area contributed by atoms with Crippen molar-refractivity contribution in [1.82, 2.24) is 4.57 Å². The predicted octanol–water partition coefficient (Wildman–Crippen LogP) is 7.45. The van der Waals surface area contributed by atoms with E-state index in [1.54, 1.807) is 28.8 Å². The summed E-state index contributed by atoms with van der Waals surface area (Å²) in [6.45, 7) is 0. The summed E-state index contributed by atoms with van der Waals surface area (Å²) in [5.41, 5.74) is 0.654. The number of para-hydroxylation sites is 2. The molecule has 1 aliphatic rings. The Balaban J connectivity index is 1.88. The van der Waals surface area contributed by atoms with Crippen LogP contribution in [0.15, 0.2) is 85.0 Å². The molecule has 5 rings (SSSR count). The van der Waals surface area contributed by atoms with Gasteiger partial charge in [0.1, 0.15) is 11.6 Å². The maximum atomic E-state index is 14.7. The summed E-state index contributed by atoms with van der Waals surface area (Å²) in [4.78, 5) is 0. The van der Waals surface area contributed by atoms with E-state index < -0.39 is 35.3 Å². The SMILES string of the molecule is Fc1cccc(F)c1C1=CC=CC(C(F)(F)F)C1n1c2ccccc2c2ccccc21. The Morgan fingerprint density at radius 1 is 0.710 bits per heavy atom. The van der Waals surface area contributed by atoms with E-state index in [1.807, 2.05) is 24.3 Å². The Morgan fingerprint density at radius 3 is 1.81 bits per heavy atom. The zero-order valence-electron chi connectivity index (χ0n) is 16.1. The molecule has 156 valence electrons. The maximum Gasteiger partial charge on any atom is 0.397 e. The molecule has 1 heterocycles. The van der Waals surface area contributed by atoms with E-state index in [4.69, 9.17) is 0 Å². The Hall–Kier alpha value is -3.41. The van der Waals surface area contributed by atoms with Crippen LogP contribution in [-0.4, -0.2) is 10.7 Å². The van der Waals surface area contributed by atoms with Crippen molar-refractivity contribution in [3.63, 3.8) is 0 Å². The number of hydrogen-bond donors (Lipinski definition) is 0. The number of halogens is 5. The summed E-state index contributed by atoms with van der Waals surface area (Å²) in [7, 11) is 0. The molecule has 0 N–H and O–H groups in total. The van der Waals surface area contributed by atoms with E-state index in [0.717, 1.165) is 29.0 Å². The van der Waals surface area contributed by atoms with Crippen LogP contribution >= 0.6 is 0 Å². The van der Waals surface area contributed by atoms with E-state index in [-0.39, 0.29) is 5.57 Å². The number of aromatic nitrogens is 1. The molecule has 0 bridgehead atoms. The number of nitrogens with zero attached hydrogens (tertiary/aromatic N) is 1. The van der Waals surface area contributed by atoms with Crippen LogP contribution in [0.3, 0.4) is 0 Å². The number of allylic oxidation sites excluding steroid dienone is 4. The predicted molar refractivity (Wildman–Crippen MR) is 112 cm³/mol. The van der Waals surface area contributed by atoms with Crippen LogP contribution in [0, 0.1) is 17.6 Å². The van der Waals surface area contributed by atoms with Gasteiger partial charge in [-0.15, -0.1) is 0 Å². The topological polar surface area (TPSA) is 4.93 Å². The highest BCUT2D eigenvalue weighted by atomic mass is 19.4. The van der Waals surface area contributed by atoms with Gasteiger partial charge in [-0.2, -0.15) is 13.2 Å². The first kappa shape index (κ1) is 19.5. The van der Waals surface area contributed by atoms with Crippen molar-refractivity contribution in [3.8, 4) is 0 Å². The molecule has 1 nitrogen and oxygen atoms in total. The molecule has 6 heteroatoms. The standard InChI is InChI=1S/C25H16F5N/c26-19-11-6-12-20(27)23(19)17-9-5-10-18(25(28,29)30)24(17)31-21-13-3-1-7-15(21)16-8-2-4-14-22(16)31/h1-14,18,24H. The minimum absolute atomic E-state index is 0.0491. The zero-order valence-corrected chi connectivity index (χ0v) is 16.1. The molecular weight excluding hydrogens is 409 g/mol. The van der Waals surface area contributed by atoms with Gasteiger partial charge in [0.05, 0.1) is 17.5 Å². The Labute approximate surface area is 174 Å². The number of hydrogen-bond acceptors (Lipinski definition) is 0. The van der Waals surface area contributed by atoms with E-state index in [1.165, 1.54) is 18.2 Å². The summed E-state index contributed by atoms with van der Waals surface area (Å²) in [5.74, 6) is -3.74. The molecule has 1 aliphatic carbocycles. The minimum atomic E-state index is -4.62. The maximum absolute atomic E-state index is 14.7. The smallest absolute Gasteiger partial charge is 0.332 e. The van der Waals surface area contributed by atoms with Gasteiger partial charge in [0.2, 0.25) is 0 Å². The van der Waals surface area contributed by atoms with Crippen LogP contribution < -0.4 is 0 Å². The third-order valence-electron chi connectivity index (χ3n) is 5.78. The van der Waals surface area contributed by atoms with Crippen LogP contribution in [0.2, 0.25) is 0 Å². The van der Waals surface area contributed by atoms with Crippen molar-refractivity contribution in [2.75, 3.05) is 0 Å². The lowest BCUT2D eigenvalue weighted by Gasteiger charge is -2.34. The molecule has 0 spiro atoms. The Kier molecular flexibility index (Phi) is 4.46. The van der Waals surface area contributed by atoms with Crippen LogP contribution in [-0.2, 0) is 0 Å². The highest BCUT2D eigenvalue weighted by Gasteiger charge is 2.47. The van der Waals surface area contributed by atoms with Gasteiger partial charge in [-0.1, -0.05) is 60.7 Å². The summed E-state index contributed by atoms with van der Waals surface area (Å²) >= 11 is 0. The number of rotatable bonds is 2. The summed E-state index contributed by atoms with van der Waals surface area (Å²) in [6.07, 6.45) is -0.965. The molecule has 1 aromatic heterocycles. The van der Waals surface area contributed by atoms with Crippen LogP contribution in [0.1, 0.15) is 11.6 Å². The lowest BCUT2D eigenvalue weighted by Crippen LogP contribution is -2.33. The second-order valence-corrected chi connectivity index (χ2v) is 7.52. The first-order valence-electron chi connectivity index (χ1n) is 9.75. The van der Waals surface area contributed by atoms with Crippen molar-refractivity contribution in [1.29, 1.82) is 0 Å². The molecule has 3 aromatic carbocycles. The highest BCUT2D eigenvalue weighted by Crippen LogP contribution is 2.49. The molecule has 0 amide bonds. The van der Waals surface area contributed by atoms with Gasteiger partial charge in [0.25, 0.3) is 0 Å². The molecule has 31 heavy (non-hydrogen) atoms. The molecule has 0 saturated carbocycles. The third-order valence-corrected chi connectivity index (χ3v) is 5.78.